The quantitative estimate of drug-likeness (QED) is 0.213. The topological polar surface area (TPSA) is 103 Å². The van der Waals surface area contributed by atoms with Crippen molar-refractivity contribution in [1.29, 1.82) is 0 Å². The van der Waals surface area contributed by atoms with Gasteiger partial charge in [0.2, 0.25) is 0 Å². The Balaban J connectivity index is 2.13. The number of carbonyl (C=O) groups is 2. The summed E-state index contributed by atoms with van der Waals surface area (Å²) >= 11 is 0. The first-order valence-electron chi connectivity index (χ1n) is 15.1. The molecule has 0 aliphatic heterocycles. The Kier molecular flexibility index (Phi) is 11.4. The van der Waals surface area contributed by atoms with Gasteiger partial charge in [-0.1, -0.05) is 86.6 Å². The molecule has 3 aromatic rings. The van der Waals surface area contributed by atoms with Gasteiger partial charge in [-0.3, -0.25) is 4.79 Å². The molecule has 9 heteroatoms. The summed E-state index contributed by atoms with van der Waals surface area (Å²) in [7, 11) is -1.78. The van der Waals surface area contributed by atoms with Crippen molar-refractivity contribution in [3.8, 4) is 0 Å². The highest BCUT2D eigenvalue weighted by Crippen LogP contribution is 2.40. The van der Waals surface area contributed by atoms with Crippen LogP contribution in [0.2, 0.25) is 13.1 Å². The van der Waals surface area contributed by atoms with Crippen molar-refractivity contribution < 1.29 is 23.3 Å². The Morgan fingerprint density at radius 2 is 1.51 bits per heavy atom. The molecule has 2 N–H and O–H groups in total. The summed E-state index contributed by atoms with van der Waals surface area (Å²) in [5.41, 5.74) is 0.367. The maximum Gasteiger partial charge on any atom is 0.407 e. The second-order valence-electron chi connectivity index (χ2n) is 13.7. The van der Waals surface area contributed by atoms with Gasteiger partial charge in [-0.2, -0.15) is 0 Å². The molecular weight excluding hydrogens is 558 g/mol. The van der Waals surface area contributed by atoms with Crippen molar-refractivity contribution in [3.63, 3.8) is 0 Å². The Labute approximate surface area is 258 Å². The van der Waals surface area contributed by atoms with Gasteiger partial charge in [-0.15, -0.1) is 0 Å². The SMILES string of the molecule is Cc1oncc1NC(=O)[C@](Cc1ccccc1)(C[C@H]([C@H](Cc1ccccc1)NC(=O)OC(C)(C)C)C(C)(C)C)O[SiH](C)C. The second kappa shape index (κ2) is 14.4. The smallest absolute Gasteiger partial charge is 0.407 e. The molecule has 0 radical (unpaired) electrons. The van der Waals surface area contributed by atoms with E-state index in [1.807, 2.05) is 69.3 Å². The molecule has 0 saturated heterocycles. The van der Waals surface area contributed by atoms with Crippen molar-refractivity contribution >= 4 is 26.7 Å². The largest absolute Gasteiger partial charge is 0.444 e. The zero-order valence-corrected chi connectivity index (χ0v) is 28.3. The number of hydrogen-bond donors (Lipinski definition) is 2. The Hall–Kier alpha value is -3.43. The van der Waals surface area contributed by atoms with Gasteiger partial charge >= 0.3 is 6.09 Å². The molecule has 2 amide bonds. The average Bonchev–Trinajstić information content (AvgIpc) is 3.30. The third kappa shape index (κ3) is 10.4. The lowest BCUT2D eigenvalue weighted by Gasteiger charge is -2.44. The number of benzene rings is 2. The molecule has 0 bridgehead atoms. The number of anilines is 1. The summed E-state index contributed by atoms with van der Waals surface area (Å²) in [6.07, 6.45) is 2.32. The van der Waals surface area contributed by atoms with Crippen molar-refractivity contribution in [3.05, 3.63) is 83.7 Å². The average molecular weight is 608 g/mol. The van der Waals surface area contributed by atoms with E-state index in [9.17, 15) is 9.59 Å². The third-order valence-corrected chi connectivity index (χ3v) is 8.28. The molecular formula is C34H49N3O5Si. The number of hydrogen-bond acceptors (Lipinski definition) is 6. The van der Waals surface area contributed by atoms with Gasteiger partial charge in [0.05, 0.1) is 6.20 Å². The highest BCUT2D eigenvalue weighted by atomic mass is 28.3. The van der Waals surface area contributed by atoms with Crippen LogP contribution in [0.25, 0.3) is 0 Å². The van der Waals surface area contributed by atoms with Crippen molar-refractivity contribution in [2.75, 3.05) is 5.32 Å². The molecule has 1 aromatic heterocycles. The minimum Gasteiger partial charge on any atom is -0.444 e. The predicted molar refractivity (Wildman–Crippen MR) is 174 cm³/mol. The molecule has 0 unspecified atom stereocenters. The molecule has 3 atom stereocenters. The van der Waals surface area contributed by atoms with Gasteiger partial charge in [-0.25, -0.2) is 4.79 Å². The Bertz CT molecular complexity index is 1320. The standard InChI is InChI=1S/C34H49N3O5Si/c1-24-29(23-35-41-24)36-30(38)34(42-43(8)9,21-26-18-14-11-15-19-26)22-27(32(2,3)4)28(20-25-16-12-10-13-17-25)37-31(39)40-33(5,6)7/h10-19,23,27-28,43H,20-22H2,1-9H3,(H,36,38)(H,37,39)/t27-,28+,34+/m1/s1. The van der Waals surface area contributed by atoms with E-state index in [0.29, 0.717) is 30.7 Å². The van der Waals surface area contributed by atoms with E-state index < -0.39 is 26.3 Å². The molecule has 1 heterocycles. The van der Waals surface area contributed by atoms with Crippen LogP contribution in [-0.2, 0) is 26.8 Å². The van der Waals surface area contributed by atoms with E-state index in [0.717, 1.165) is 11.1 Å². The highest BCUT2D eigenvalue weighted by Gasteiger charge is 2.47. The van der Waals surface area contributed by atoms with Crippen LogP contribution >= 0.6 is 0 Å². The molecule has 0 spiro atoms. The molecule has 43 heavy (non-hydrogen) atoms. The number of carbonyl (C=O) groups excluding carboxylic acids is 2. The van der Waals surface area contributed by atoms with Gasteiger partial charge in [0.25, 0.3) is 5.91 Å². The number of aromatic nitrogens is 1. The molecule has 234 valence electrons. The summed E-state index contributed by atoms with van der Waals surface area (Å²) in [6.45, 7) is 17.9. The van der Waals surface area contributed by atoms with Crippen LogP contribution in [0.15, 0.2) is 71.4 Å². The number of nitrogens with one attached hydrogen (secondary N) is 2. The number of nitrogens with zero attached hydrogens (tertiary/aromatic N) is 1. The highest BCUT2D eigenvalue weighted by molar-refractivity contribution is 6.48. The van der Waals surface area contributed by atoms with Crippen molar-refractivity contribution in [2.45, 2.75) is 98.1 Å². The maximum absolute atomic E-state index is 14.5. The summed E-state index contributed by atoms with van der Waals surface area (Å²) in [5, 5.41) is 10.1. The minimum absolute atomic E-state index is 0.189. The molecule has 0 fully saturated rings. The second-order valence-corrected chi connectivity index (χ2v) is 16.0. The van der Waals surface area contributed by atoms with Gasteiger partial charge < -0.3 is 24.3 Å². The molecule has 0 aliphatic carbocycles. The fourth-order valence-electron chi connectivity index (χ4n) is 5.45. The molecule has 0 saturated carbocycles. The van der Waals surface area contributed by atoms with E-state index in [1.165, 1.54) is 6.20 Å². The van der Waals surface area contributed by atoms with Gasteiger partial charge in [0.15, 0.2) is 14.8 Å². The van der Waals surface area contributed by atoms with Crippen LogP contribution in [0.4, 0.5) is 10.5 Å². The number of ether oxygens (including phenoxy) is 1. The number of amides is 2. The first-order valence-corrected chi connectivity index (χ1v) is 17.8. The Morgan fingerprint density at radius 1 is 0.930 bits per heavy atom. The molecule has 0 aliphatic rings. The predicted octanol–water partition coefficient (Wildman–Crippen LogP) is 7.09. The van der Waals surface area contributed by atoms with Crippen LogP contribution in [-0.4, -0.2) is 43.4 Å². The van der Waals surface area contributed by atoms with Crippen LogP contribution in [0.1, 0.15) is 64.9 Å². The fraction of sp³-hybridized carbons (Fsp3) is 0.500. The lowest BCUT2D eigenvalue weighted by Crippen LogP contribution is -2.56. The van der Waals surface area contributed by atoms with Crippen molar-refractivity contribution in [1.82, 2.24) is 10.5 Å². The lowest BCUT2D eigenvalue weighted by atomic mass is 9.68. The summed E-state index contributed by atoms with van der Waals surface area (Å²) < 4.78 is 17.8. The fourth-order valence-corrected chi connectivity index (χ4v) is 6.64. The first kappa shape index (κ1) is 34.1. The van der Waals surface area contributed by atoms with E-state index in [4.69, 9.17) is 13.7 Å². The summed E-state index contributed by atoms with van der Waals surface area (Å²) in [6, 6.07) is 19.7. The van der Waals surface area contributed by atoms with E-state index in [-0.39, 0.29) is 23.3 Å². The lowest BCUT2D eigenvalue weighted by molar-refractivity contribution is -0.134. The number of alkyl carbamates (subject to hydrolysis) is 1. The minimum atomic E-state index is -1.78. The Morgan fingerprint density at radius 3 is 2.00 bits per heavy atom. The van der Waals surface area contributed by atoms with E-state index in [2.05, 4.69) is 61.8 Å². The first-order chi connectivity index (χ1) is 20.1. The summed E-state index contributed by atoms with van der Waals surface area (Å²) in [4.78, 5) is 27.7. The van der Waals surface area contributed by atoms with Crippen LogP contribution in [0.3, 0.4) is 0 Å². The van der Waals surface area contributed by atoms with Gasteiger partial charge in [-0.05, 0) is 76.1 Å². The van der Waals surface area contributed by atoms with Crippen LogP contribution in [0.5, 0.6) is 0 Å². The normalized spacial score (nSPS) is 14.9. The number of aryl methyl sites for hydroxylation is 1. The summed E-state index contributed by atoms with van der Waals surface area (Å²) in [5.74, 6) is 0.0736. The zero-order chi connectivity index (χ0) is 31.8. The van der Waals surface area contributed by atoms with E-state index >= 15 is 0 Å². The molecule has 8 nitrogen and oxygen atoms in total. The molecule has 3 rings (SSSR count). The van der Waals surface area contributed by atoms with E-state index in [1.54, 1.807) is 6.92 Å². The maximum atomic E-state index is 14.5. The van der Waals surface area contributed by atoms with Crippen LogP contribution < -0.4 is 10.6 Å². The monoisotopic (exact) mass is 607 g/mol. The van der Waals surface area contributed by atoms with Crippen LogP contribution in [0, 0.1) is 18.3 Å². The van der Waals surface area contributed by atoms with Gasteiger partial charge in [0.1, 0.15) is 16.9 Å². The zero-order valence-electron chi connectivity index (χ0n) is 27.2. The molecule has 2 aromatic carbocycles. The van der Waals surface area contributed by atoms with Gasteiger partial charge in [0, 0.05) is 12.5 Å². The third-order valence-electron chi connectivity index (χ3n) is 7.35. The van der Waals surface area contributed by atoms with Crippen molar-refractivity contribution in [2.24, 2.45) is 11.3 Å². The number of rotatable bonds is 12.